The number of anilines is 1. The zero-order chi connectivity index (χ0) is 22.5. The Morgan fingerprint density at radius 1 is 1.32 bits per heavy atom. The van der Waals surface area contributed by atoms with Crippen molar-refractivity contribution in [3.63, 3.8) is 0 Å². The highest BCUT2D eigenvalue weighted by atomic mass is 19.1. The third-order valence-electron chi connectivity index (χ3n) is 4.40. The average Bonchev–Trinajstić information content (AvgIpc) is 3.24. The molecule has 2 unspecified atom stereocenters. The Hall–Kier alpha value is -4.02. The van der Waals surface area contributed by atoms with Gasteiger partial charge in [0.15, 0.2) is 6.10 Å². The quantitative estimate of drug-likeness (QED) is 0.405. The summed E-state index contributed by atoms with van der Waals surface area (Å²) in [6, 6.07) is 9.37. The van der Waals surface area contributed by atoms with E-state index in [4.69, 9.17) is 14.3 Å². The molecule has 1 aliphatic heterocycles. The Bertz CT molecular complexity index is 1060. The molecule has 0 fully saturated rings. The van der Waals surface area contributed by atoms with Gasteiger partial charge in [-0.2, -0.15) is 0 Å². The largest absolute Gasteiger partial charge is 0.495 e. The highest BCUT2D eigenvalue weighted by molar-refractivity contribution is 6.04. The molecular formula is C20H18FN3O7. The standard InChI is InChI=1S/C20H18FN3O7/c1-11(19(25)22-16-9-14(24(27)28)6-7-17(16)29-2)30-20(26)18-10-15(23-31-18)12-4-3-5-13(21)8-12/h3-9,11,18H,10H2,1-2H3,(H,22,25). The summed E-state index contributed by atoms with van der Waals surface area (Å²) in [7, 11) is 1.34. The van der Waals surface area contributed by atoms with Crippen molar-refractivity contribution in [2.45, 2.75) is 25.6 Å². The smallest absolute Gasteiger partial charge is 0.351 e. The minimum Gasteiger partial charge on any atom is -0.495 e. The van der Waals surface area contributed by atoms with Crippen LogP contribution in [0.1, 0.15) is 18.9 Å². The van der Waals surface area contributed by atoms with Gasteiger partial charge in [-0.05, 0) is 25.1 Å². The number of carbonyl (C=O) groups excluding carboxylic acids is 2. The highest BCUT2D eigenvalue weighted by Gasteiger charge is 2.33. The Morgan fingerprint density at radius 2 is 2.10 bits per heavy atom. The lowest BCUT2D eigenvalue weighted by atomic mass is 10.1. The summed E-state index contributed by atoms with van der Waals surface area (Å²) in [6.07, 6.45) is -2.27. The molecule has 1 amide bonds. The SMILES string of the molecule is COc1ccc([N+](=O)[O-])cc1NC(=O)C(C)OC(=O)C1CC(c2cccc(F)c2)=NO1. The third-order valence-corrected chi connectivity index (χ3v) is 4.40. The van der Waals surface area contributed by atoms with Crippen LogP contribution in [-0.2, 0) is 19.2 Å². The van der Waals surface area contributed by atoms with Gasteiger partial charge in [-0.25, -0.2) is 9.18 Å². The lowest BCUT2D eigenvalue weighted by molar-refractivity contribution is -0.384. The van der Waals surface area contributed by atoms with Gasteiger partial charge in [0.05, 0.1) is 23.4 Å². The molecule has 1 aliphatic rings. The fraction of sp³-hybridized carbons (Fsp3) is 0.250. The van der Waals surface area contributed by atoms with Crippen LogP contribution < -0.4 is 10.1 Å². The highest BCUT2D eigenvalue weighted by Crippen LogP contribution is 2.29. The Labute approximate surface area is 175 Å². The van der Waals surface area contributed by atoms with Crippen molar-refractivity contribution in [1.82, 2.24) is 0 Å². The fourth-order valence-electron chi connectivity index (χ4n) is 2.79. The van der Waals surface area contributed by atoms with E-state index in [2.05, 4.69) is 10.5 Å². The molecule has 0 bridgehead atoms. The molecule has 10 nitrogen and oxygen atoms in total. The van der Waals surface area contributed by atoms with Gasteiger partial charge >= 0.3 is 5.97 Å². The molecule has 0 spiro atoms. The summed E-state index contributed by atoms with van der Waals surface area (Å²) in [6.45, 7) is 1.33. The summed E-state index contributed by atoms with van der Waals surface area (Å²) < 4.78 is 23.6. The van der Waals surface area contributed by atoms with Gasteiger partial charge in [-0.15, -0.1) is 0 Å². The molecule has 11 heteroatoms. The number of hydrogen-bond donors (Lipinski definition) is 1. The van der Waals surface area contributed by atoms with Gasteiger partial charge in [-0.1, -0.05) is 17.3 Å². The molecule has 0 radical (unpaired) electrons. The molecule has 0 aromatic heterocycles. The molecule has 3 rings (SSSR count). The first kappa shape index (κ1) is 21.7. The van der Waals surface area contributed by atoms with Crippen LogP contribution in [0.2, 0.25) is 0 Å². The number of esters is 1. The molecule has 1 N–H and O–H groups in total. The number of non-ortho nitro benzene ring substituents is 1. The van der Waals surface area contributed by atoms with E-state index >= 15 is 0 Å². The molecule has 2 aromatic carbocycles. The number of nitro groups is 1. The zero-order valence-corrected chi connectivity index (χ0v) is 16.5. The number of nitrogens with zero attached hydrogens (tertiary/aromatic N) is 2. The minimum atomic E-state index is -1.24. The van der Waals surface area contributed by atoms with Crippen molar-refractivity contribution in [3.8, 4) is 5.75 Å². The molecule has 31 heavy (non-hydrogen) atoms. The van der Waals surface area contributed by atoms with Crippen LogP contribution in [0, 0.1) is 15.9 Å². The van der Waals surface area contributed by atoms with Gasteiger partial charge in [0, 0.05) is 24.1 Å². The lowest BCUT2D eigenvalue weighted by Gasteiger charge is -2.16. The number of hydrogen-bond acceptors (Lipinski definition) is 8. The number of benzene rings is 2. The lowest BCUT2D eigenvalue weighted by Crippen LogP contribution is -2.34. The number of carbonyl (C=O) groups is 2. The number of nitro benzene ring substituents is 1. The summed E-state index contributed by atoms with van der Waals surface area (Å²) in [5, 5.41) is 17.2. The number of nitrogens with one attached hydrogen (secondary N) is 1. The molecule has 0 saturated carbocycles. The first-order valence-corrected chi connectivity index (χ1v) is 9.11. The first-order valence-electron chi connectivity index (χ1n) is 9.11. The normalized spacial score (nSPS) is 16.0. The molecule has 2 aromatic rings. The molecule has 0 saturated heterocycles. The number of amides is 1. The van der Waals surface area contributed by atoms with Crippen LogP contribution in [0.5, 0.6) is 5.75 Å². The van der Waals surface area contributed by atoms with Crippen LogP contribution in [0.15, 0.2) is 47.6 Å². The second kappa shape index (κ2) is 9.20. The van der Waals surface area contributed by atoms with E-state index in [1.54, 1.807) is 6.07 Å². The predicted octanol–water partition coefficient (Wildman–Crippen LogP) is 2.81. The maximum Gasteiger partial charge on any atom is 0.351 e. The Morgan fingerprint density at radius 3 is 2.77 bits per heavy atom. The van der Waals surface area contributed by atoms with Gasteiger partial charge < -0.3 is 19.6 Å². The van der Waals surface area contributed by atoms with Crippen molar-refractivity contribution in [1.29, 1.82) is 0 Å². The van der Waals surface area contributed by atoms with E-state index < -0.39 is 34.8 Å². The van der Waals surface area contributed by atoms with Gasteiger partial charge in [-0.3, -0.25) is 14.9 Å². The molecule has 0 aliphatic carbocycles. The van der Waals surface area contributed by atoms with Crippen molar-refractivity contribution >= 4 is 29.0 Å². The number of methoxy groups -OCH3 is 1. The van der Waals surface area contributed by atoms with Crippen LogP contribution in [0.4, 0.5) is 15.8 Å². The minimum absolute atomic E-state index is 0.0509. The summed E-state index contributed by atoms with van der Waals surface area (Å²) in [5.74, 6) is -1.81. The van der Waals surface area contributed by atoms with Crippen LogP contribution in [-0.4, -0.2) is 41.8 Å². The predicted molar refractivity (Wildman–Crippen MR) is 106 cm³/mol. The molecule has 162 valence electrons. The first-order chi connectivity index (χ1) is 14.8. The van der Waals surface area contributed by atoms with E-state index in [0.29, 0.717) is 11.3 Å². The molecule has 2 atom stereocenters. The van der Waals surface area contributed by atoms with Crippen molar-refractivity contribution in [2.75, 3.05) is 12.4 Å². The Kier molecular flexibility index (Phi) is 6.43. The van der Waals surface area contributed by atoms with Gasteiger partial charge in [0.1, 0.15) is 11.6 Å². The molecule has 1 heterocycles. The maximum atomic E-state index is 13.4. The Balaban J connectivity index is 1.60. The van der Waals surface area contributed by atoms with E-state index in [1.807, 2.05) is 0 Å². The summed E-state index contributed by atoms with van der Waals surface area (Å²) in [4.78, 5) is 40.1. The van der Waals surface area contributed by atoms with Crippen molar-refractivity contribution in [3.05, 3.63) is 64.0 Å². The summed E-state index contributed by atoms with van der Waals surface area (Å²) in [5.41, 5.74) is 0.652. The summed E-state index contributed by atoms with van der Waals surface area (Å²) >= 11 is 0. The van der Waals surface area contributed by atoms with Crippen LogP contribution in [0.3, 0.4) is 0 Å². The number of ether oxygens (including phenoxy) is 2. The van der Waals surface area contributed by atoms with Crippen LogP contribution >= 0.6 is 0 Å². The number of halogens is 1. The van der Waals surface area contributed by atoms with Gasteiger partial charge in [0.25, 0.3) is 11.6 Å². The van der Waals surface area contributed by atoms with E-state index in [-0.39, 0.29) is 23.5 Å². The average molecular weight is 431 g/mol. The zero-order valence-electron chi connectivity index (χ0n) is 16.5. The monoisotopic (exact) mass is 431 g/mol. The number of oxime groups is 1. The van der Waals surface area contributed by atoms with E-state index in [9.17, 15) is 24.1 Å². The van der Waals surface area contributed by atoms with E-state index in [1.165, 1.54) is 44.4 Å². The van der Waals surface area contributed by atoms with Gasteiger partial charge in [0.2, 0.25) is 6.10 Å². The third kappa shape index (κ3) is 5.13. The van der Waals surface area contributed by atoms with Crippen molar-refractivity contribution in [2.24, 2.45) is 5.16 Å². The second-order valence-corrected chi connectivity index (χ2v) is 6.56. The topological polar surface area (TPSA) is 129 Å². The maximum absolute atomic E-state index is 13.4. The van der Waals surface area contributed by atoms with Crippen LogP contribution in [0.25, 0.3) is 0 Å². The second-order valence-electron chi connectivity index (χ2n) is 6.56. The fourth-order valence-corrected chi connectivity index (χ4v) is 2.79. The van der Waals surface area contributed by atoms with Crippen molar-refractivity contribution < 1.29 is 33.2 Å². The number of rotatable bonds is 7. The molecular weight excluding hydrogens is 413 g/mol. The van der Waals surface area contributed by atoms with E-state index in [0.717, 1.165) is 6.07 Å².